The molecule has 0 bridgehead atoms. The van der Waals surface area contributed by atoms with Crippen LogP contribution in [0.25, 0.3) is 10.9 Å². The molecule has 0 radical (unpaired) electrons. The van der Waals surface area contributed by atoms with Crippen LogP contribution in [0.4, 0.5) is 4.39 Å². The molecular weight excluding hydrogens is 329 g/mol. The second kappa shape index (κ2) is 5.74. The Bertz CT molecular complexity index is 795. The number of carbonyl (C=O) groups is 1. The molecule has 1 saturated heterocycles. The Labute approximate surface area is 145 Å². The van der Waals surface area contributed by atoms with Gasteiger partial charge in [0.25, 0.3) is 0 Å². The van der Waals surface area contributed by atoms with Crippen LogP contribution in [0.3, 0.4) is 0 Å². The smallest absolute Gasteiger partial charge is 0.243 e. The van der Waals surface area contributed by atoms with Crippen LogP contribution in [0, 0.1) is 5.82 Å². The zero-order valence-corrected chi connectivity index (χ0v) is 14.4. The number of amides is 1. The third-order valence-electron chi connectivity index (χ3n) is 5.29. The molecule has 4 nitrogen and oxygen atoms in total. The first-order chi connectivity index (χ1) is 11.5. The Hall–Kier alpha value is -1.59. The summed E-state index contributed by atoms with van der Waals surface area (Å²) in [7, 11) is 0. The topological polar surface area (TPSA) is 37.3 Å². The summed E-state index contributed by atoms with van der Waals surface area (Å²) in [5, 5.41) is 4.33. The molecule has 4 rings (SSSR count). The molecule has 2 fully saturated rings. The van der Waals surface area contributed by atoms with Gasteiger partial charge in [0.2, 0.25) is 5.91 Å². The fourth-order valence-electron chi connectivity index (χ4n) is 3.46. The molecule has 6 heteroatoms. The molecule has 1 aromatic carbocycles. The lowest BCUT2D eigenvalue weighted by atomic mass is 10.1. The first kappa shape index (κ1) is 15.9. The second-order valence-corrected chi connectivity index (χ2v) is 7.50. The lowest BCUT2D eigenvalue weighted by Crippen LogP contribution is -2.51. The van der Waals surface area contributed by atoms with E-state index in [1.54, 1.807) is 29.8 Å². The standard InChI is InChI=1S/C18H21ClFN3O/c1-12(17(24)21-18(6-7-18)11-22-8-2-9-22)23-10-5-13-14(19)3-4-15(20)16(13)23/h3-5,10,12H,2,6-9,11H2,1H3,(H,21,24). The van der Waals surface area contributed by atoms with Crippen molar-refractivity contribution in [3.05, 3.63) is 35.2 Å². The van der Waals surface area contributed by atoms with E-state index in [9.17, 15) is 9.18 Å². The minimum absolute atomic E-state index is 0.0649. The molecule has 1 atom stereocenters. The lowest BCUT2D eigenvalue weighted by Gasteiger charge is -2.35. The summed E-state index contributed by atoms with van der Waals surface area (Å²) < 4.78 is 15.9. The number of hydrogen-bond donors (Lipinski definition) is 1. The third kappa shape index (κ3) is 2.70. The van der Waals surface area contributed by atoms with Gasteiger partial charge in [0.05, 0.1) is 16.1 Å². The largest absolute Gasteiger partial charge is 0.348 e. The van der Waals surface area contributed by atoms with E-state index < -0.39 is 6.04 Å². The van der Waals surface area contributed by atoms with Gasteiger partial charge in [-0.25, -0.2) is 4.39 Å². The Morgan fingerprint density at radius 1 is 1.38 bits per heavy atom. The number of halogens is 2. The van der Waals surface area contributed by atoms with Crippen LogP contribution >= 0.6 is 11.6 Å². The van der Waals surface area contributed by atoms with Crippen molar-refractivity contribution in [2.75, 3.05) is 19.6 Å². The average molecular weight is 350 g/mol. The number of rotatable bonds is 5. The quantitative estimate of drug-likeness (QED) is 0.898. The van der Waals surface area contributed by atoms with Gasteiger partial charge in [0.15, 0.2) is 0 Å². The van der Waals surface area contributed by atoms with Gasteiger partial charge in [-0.05, 0) is 57.5 Å². The Morgan fingerprint density at radius 3 is 2.75 bits per heavy atom. The highest BCUT2D eigenvalue weighted by molar-refractivity contribution is 6.35. The van der Waals surface area contributed by atoms with Gasteiger partial charge in [-0.15, -0.1) is 0 Å². The highest BCUT2D eigenvalue weighted by Crippen LogP contribution is 2.38. The zero-order chi connectivity index (χ0) is 16.9. The average Bonchev–Trinajstić information content (AvgIpc) is 3.11. The third-order valence-corrected chi connectivity index (χ3v) is 5.62. The summed E-state index contributed by atoms with van der Waals surface area (Å²) in [6, 6.07) is 4.17. The molecule has 1 aliphatic heterocycles. The van der Waals surface area contributed by atoms with Gasteiger partial charge in [-0.3, -0.25) is 4.79 Å². The molecule has 1 aliphatic carbocycles. The first-order valence-corrected chi connectivity index (χ1v) is 8.86. The Balaban J connectivity index is 1.54. The van der Waals surface area contributed by atoms with Gasteiger partial charge in [-0.1, -0.05) is 11.6 Å². The maximum absolute atomic E-state index is 14.2. The van der Waals surface area contributed by atoms with Crippen molar-refractivity contribution >= 4 is 28.4 Å². The molecule has 1 aromatic heterocycles. The van der Waals surface area contributed by atoms with Gasteiger partial charge in [0, 0.05) is 18.1 Å². The summed E-state index contributed by atoms with van der Waals surface area (Å²) in [6.45, 7) is 4.98. The van der Waals surface area contributed by atoms with Crippen molar-refractivity contribution in [1.82, 2.24) is 14.8 Å². The fourth-order valence-corrected chi connectivity index (χ4v) is 3.68. The SMILES string of the molecule is CC(C(=O)NC1(CN2CCC2)CC1)n1ccc2c(Cl)ccc(F)c21. The zero-order valence-electron chi connectivity index (χ0n) is 13.7. The minimum atomic E-state index is -0.482. The summed E-state index contributed by atoms with van der Waals surface area (Å²) >= 11 is 6.14. The van der Waals surface area contributed by atoms with Gasteiger partial charge in [-0.2, -0.15) is 0 Å². The molecule has 1 amide bonds. The number of fused-ring (bicyclic) bond motifs is 1. The molecule has 2 aliphatic rings. The van der Waals surface area contributed by atoms with Crippen LogP contribution in [-0.4, -0.2) is 40.5 Å². The maximum Gasteiger partial charge on any atom is 0.243 e. The number of aromatic nitrogens is 1. The van der Waals surface area contributed by atoms with Crippen LogP contribution in [0.5, 0.6) is 0 Å². The van der Waals surface area contributed by atoms with Crippen LogP contribution < -0.4 is 5.32 Å². The summed E-state index contributed by atoms with van der Waals surface area (Å²) in [4.78, 5) is 15.1. The molecule has 1 N–H and O–H groups in total. The van der Waals surface area contributed by atoms with E-state index in [0.29, 0.717) is 15.9 Å². The molecule has 1 saturated carbocycles. The highest BCUT2D eigenvalue weighted by atomic mass is 35.5. The van der Waals surface area contributed by atoms with Crippen molar-refractivity contribution in [3.8, 4) is 0 Å². The first-order valence-electron chi connectivity index (χ1n) is 8.48. The van der Waals surface area contributed by atoms with E-state index in [0.717, 1.165) is 32.5 Å². The minimum Gasteiger partial charge on any atom is -0.348 e. The van der Waals surface area contributed by atoms with Crippen molar-refractivity contribution < 1.29 is 9.18 Å². The highest BCUT2D eigenvalue weighted by Gasteiger charge is 2.46. The predicted octanol–water partition coefficient (Wildman–Crippen LogP) is 3.35. The summed E-state index contributed by atoms with van der Waals surface area (Å²) in [5.74, 6) is -0.425. The Kier molecular flexibility index (Phi) is 3.81. The predicted molar refractivity (Wildman–Crippen MR) is 92.8 cm³/mol. The number of nitrogens with zero attached hydrogens (tertiary/aromatic N) is 2. The van der Waals surface area contributed by atoms with E-state index in [-0.39, 0.29) is 17.3 Å². The van der Waals surface area contributed by atoms with Crippen molar-refractivity contribution in [2.24, 2.45) is 0 Å². The number of likely N-dealkylation sites (tertiary alicyclic amines) is 1. The normalized spacial score (nSPS) is 20.6. The molecule has 2 heterocycles. The Morgan fingerprint density at radius 2 is 2.12 bits per heavy atom. The van der Waals surface area contributed by atoms with Crippen LogP contribution in [0.2, 0.25) is 5.02 Å². The van der Waals surface area contributed by atoms with Crippen molar-refractivity contribution in [2.45, 2.75) is 37.8 Å². The van der Waals surface area contributed by atoms with Crippen molar-refractivity contribution in [3.63, 3.8) is 0 Å². The molecule has 128 valence electrons. The number of hydrogen-bond acceptors (Lipinski definition) is 2. The van der Waals surface area contributed by atoms with Gasteiger partial charge < -0.3 is 14.8 Å². The van der Waals surface area contributed by atoms with Gasteiger partial charge in [0.1, 0.15) is 11.9 Å². The van der Waals surface area contributed by atoms with Crippen LogP contribution in [0.1, 0.15) is 32.2 Å². The second-order valence-electron chi connectivity index (χ2n) is 7.09. The monoisotopic (exact) mass is 349 g/mol. The van der Waals surface area contributed by atoms with Crippen LogP contribution in [0.15, 0.2) is 24.4 Å². The van der Waals surface area contributed by atoms with E-state index >= 15 is 0 Å². The number of carbonyl (C=O) groups excluding carboxylic acids is 1. The maximum atomic E-state index is 14.2. The van der Waals surface area contributed by atoms with Crippen LogP contribution in [-0.2, 0) is 4.79 Å². The molecule has 24 heavy (non-hydrogen) atoms. The molecule has 1 unspecified atom stereocenters. The van der Waals surface area contributed by atoms with E-state index in [1.807, 2.05) is 0 Å². The molecular formula is C18H21ClFN3O. The van der Waals surface area contributed by atoms with Crippen molar-refractivity contribution in [1.29, 1.82) is 0 Å². The number of nitrogens with one attached hydrogen (secondary N) is 1. The number of benzene rings is 1. The van der Waals surface area contributed by atoms with E-state index in [1.165, 1.54) is 12.5 Å². The summed E-state index contributed by atoms with van der Waals surface area (Å²) in [6.07, 6.45) is 5.03. The van der Waals surface area contributed by atoms with E-state index in [2.05, 4.69) is 10.2 Å². The fraction of sp³-hybridized carbons (Fsp3) is 0.500. The van der Waals surface area contributed by atoms with E-state index in [4.69, 9.17) is 11.6 Å². The molecule has 2 aromatic rings. The van der Waals surface area contributed by atoms with Gasteiger partial charge >= 0.3 is 0 Å². The molecule has 0 spiro atoms. The lowest BCUT2D eigenvalue weighted by molar-refractivity contribution is -0.125. The summed E-state index contributed by atoms with van der Waals surface area (Å²) in [5.41, 5.74) is 0.308.